The van der Waals surface area contributed by atoms with Gasteiger partial charge in [-0.1, -0.05) is 12.8 Å². The zero-order valence-corrected chi connectivity index (χ0v) is 13.9. The minimum absolute atomic E-state index is 0.203. The summed E-state index contributed by atoms with van der Waals surface area (Å²) in [5.74, 6) is 0.997. The fourth-order valence-electron chi connectivity index (χ4n) is 3.39. The van der Waals surface area contributed by atoms with Crippen LogP contribution in [-0.2, 0) is 21.2 Å². The molecular weight excluding hydrogens is 326 g/mol. The second-order valence-electron chi connectivity index (χ2n) is 5.93. The number of rotatable bonds is 4. The van der Waals surface area contributed by atoms with Gasteiger partial charge in [-0.15, -0.1) is 0 Å². The van der Waals surface area contributed by atoms with Crippen LogP contribution in [-0.4, -0.2) is 50.8 Å². The molecule has 2 heterocycles. The molecule has 1 aromatic rings. The van der Waals surface area contributed by atoms with Crippen molar-refractivity contribution >= 4 is 28.5 Å². The molecule has 0 aromatic carbocycles. The number of morpholine rings is 1. The summed E-state index contributed by atoms with van der Waals surface area (Å²) < 4.78 is 26.2. The molecule has 1 atom stereocenters. The number of ether oxygens (including phenoxy) is 1. The first kappa shape index (κ1) is 16.1. The lowest BCUT2D eigenvalue weighted by atomic mass is 9.84. The average molecular weight is 346 g/mol. The highest BCUT2D eigenvalue weighted by Gasteiger charge is 2.39. The van der Waals surface area contributed by atoms with Crippen molar-refractivity contribution < 1.29 is 13.5 Å². The van der Waals surface area contributed by atoms with Gasteiger partial charge in [-0.25, -0.2) is 14.2 Å². The molecule has 3 rings (SSSR count). The first-order chi connectivity index (χ1) is 10.6. The zero-order valence-electron chi connectivity index (χ0n) is 12.3. The number of hydrogen-bond donors (Lipinski definition) is 1. The first-order valence-electron chi connectivity index (χ1n) is 7.54. The van der Waals surface area contributed by atoms with Crippen molar-refractivity contribution in [2.24, 2.45) is 0 Å². The maximum Gasteiger partial charge on any atom is 0.224 e. The smallest absolute Gasteiger partial charge is 0.224 e. The molecule has 6 nitrogen and oxygen atoms in total. The quantitative estimate of drug-likeness (QED) is 0.664. The Bertz CT molecular complexity index is 560. The van der Waals surface area contributed by atoms with E-state index in [9.17, 15) is 8.76 Å². The van der Waals surface area contributed by atoms with E-state index in [0.29, 0.717) is 13.2 Å². The molecule has 0 radical (unpaired) electrons. The fraction of sp³-hybridized carbons (Fsp3) is 0.714. The third kappa shape index (κ3) is 3.42. The summed E-state index contributed by atoms with van der Waals surface area (Å²) in [5, 5.41) is 0.203. The van der Waals surface area contributed by atoms with Crippen LogP contribution in [0.1, 0.15) is 31.4 Å². The van der Waals surface area contributed by atoms with Crippen LogP contribution in [0.2, 0.25) is 5.28 Å². The Morgan fingerprint density at radius 2 is 2.00 bits per heavy atom. The fourth-order valence-corrected chi connectivity index (χ4v) is 4.48. The highest BCUT2D eigenvalue weighted by Crippen LogP contribution is 2.41. The van der Waals surface area contributed by atoms with Gasteiger partial charge in [0.05, 0.1) is 24.7 Å². The Morgan fingerprint density at radius 1 is 1.32 bits per heavy atom. The molecule has 1 saturated heterocycles. The van der Waals surface area contributed by atoms with Crippen LogP contribution in [0.4, 0.5) is 5.82 Å². The molecule has 1 N–H and O–H groups in total. The Morgan fingerprint density at radius 3 is 2.64 bits per heavy atom. The van der Waals surface area contributed by atoms with E-state index in [1.807, 2.05) is 6.07 Å². The van der Waals surface area contributed by atoms with Crippen LogP contribution in [0.25, 0.3) is 0 Å². The molecule has 1 unspecified atom stereocenters. The van der Waals surface area contributed by atoms with Gasteiger partial charge in [0.2, 0.25) is 5.28 Å². The number of nitrogens with zero attached hydrogens (tertiary/aromatic N) is 3. The first-order valence-corrected chi connectivity index (χ1v) is 9.20. The molecule has 2 aliphatic rings. The summed E-state index contributed by atoms with van der Waals surface area (Å²) in [6, 6.07) is 1.94. The topological polar surface area (TPSA) is 75.5 Å². The van der Waals surface area contributed by atoms with Crippen LogP contribution in [0.15, 0.2) is 6.07 Å². The van der Waals surface area contributed by atoms with Gasteiger partial charge in [0, 0.05) is 24.6 Å². The van der Waals surface area contributed by atoms with E-state index in [0.717, 1.165) is 50.3 Å². The molecule has 1 aliphatic heterocycles. The van der Waals surface area contributed by atoms with E-state index in [4.69, 9.17) is 16.3 Å². The lowest BCUT2D eigenvalue weighted by molar-refractivity contribution is 0.122. The van der Waals surface area contributed by atoms with E-state index in [-0.39, 0.29) is 16.5 Å². The van der Waals surface area contributed by atoms with Crippen LogP contribution in [0.5, 0.6) is 0 Å². The molecule has 1 aromatic heterocycles. The molecule has 0 bridgehead atoms. The van der Waals surface area contributed by atoms with Gasteiger partial charge in [-0.3, -0.25) is 0 Å². The van der Waals surface area contributed by atoms with Gasteiger partial charge < -0.3 is 14.2 Å². The zero-order chi connectivity index (χ0) is 15.6. The summed E-state index contributed by atoms with van der Waals surface area (Å²) in [6.07, 6.45) is 3.84. The van der Waals surface area contributed by atoms with Crippen molar-refractivity contribution in [2.75, 3.05) is 37.0 Å². The SMILES string of the molecule is O=S(O)CC1(c2cc(N3CCOCC3)nc(Cl)n2)CCCC1. The molecule has 2 fully saturated rings. The molecule has 0 spiro atoms. The molecule has 122 valence electrons. The van der Waals surface area contributed by atoms with Crippen molar-refractivity contribution in [3.63, 3.8) is 0 Å². The Kier molecular flexibility index (Phi) is 4.97. The largest absolute Gasteiger partial charge is 0.378 e. The molecule has 1 aliphatic carbocycles. The van der Waals surface area contributed by atoms with Gasteiger partial charge in [0.1, 0.15) is 5.82 Å². The van der Waals surface area contributed by atoms with Gasteiger partial charge in [-0.05, 0) is 24.4 Å². The molecule has 8 heteroatoms. The van der Waals surface area contributed by atoms with Crippen LogP contribution in [0.3, 0.4) is 0 Å². The van der Waals surface area contributed by atoms with Crippen molar-refractivity contribution in [3.05, 3.63) is 17.0 Å². The number of hydrogen-bond acceptors (Lipinski definition) is 5. The Balaban J connectivity index is 1.94. The molecule has 1 saturated carbocycles. The highest BCUT2D eigenvalue weighted by molar-refractivity contribution is 7.79. The lowest BCUT2D eigenvalue weighted by Gasteiger charge is -2.31. The highest BCUT2D eigenvalue weighted by atomic mass is 35.5. The van der Waals surface area contributed by atoms with Gasteiger partial charge in [0.15, 0.2) is 11.1 Å². The minimum atomic E-state index is -1.85. The Labute approximate surface area is 137 Å². The average Bonchev–Trinajstić information content (AvgIpc) is 2.96. The maximum absolute atomic E-state index is 11.4. The third-order valence-corrected chi connectivity index (χ3v) is 5.49. The van der Waals surface area contributed by atoms with Crippen LogP contribution in [0, 0.1) is 0 Å². The summed E-state index contributed by atoms with van der Waals surface area (Å²) >= 11 is 4.28. The van der Waals surface area contributed by atoms with E-state index in [1.54, 1.807) is 0 Å². The minimum Gasteiger partial charge on any atom is -0.378 e. The summed E-state index contributed by atoms with van der Waals surface area (Å²) in [7, 11) is 0. The predicted octanol–water partition coefficient (Wildman–Crippen LogP) is 2.00. The van der Waals surface area contributed by atoms with E-state index < -0.39 is 11.1 Å². The number of anilines is 1. The summed E-state index contributed by atoms with van der Waals surface area (Å²) in [5.41, 5.74) is 0.446. The maximum atomic E-state index is 11.4. The summed E-state index contributed by atoms with van der Waals surface area (Å²) in [4.78, 5) is 10.8. The van der Waals surface area contributed by atoms with Crippen molar-refractivity contribution in [1.29, 1.82) is 0 Å². The summed E-state index contributed by atoms with van der Waals surface area (Å²) in [6.45, 7) is 2.88. The molecule has 0 amide bonds. The third-order valence-electron chi connectivity index (χ3n) is 4.52. The van der Waals surface area contributed by atoms with E-state index in [2.05, 4.69) is 14.9 Å². The number of halogens is 1. The van der Waals surface area contributed by atoms with Gasteiger partial charge in [0.25, 0.3) is 0 Å². The standard InChI is InChI=1S/C14H20ClN3O3S/c15-13-16-11(14(10-22(19)20)3-1-2-4-14)9-12(17-13)18-5-7-21-8-6-18/h9H,1-8,10H2,(H,19,20). The van der Waals surface area contributed by atoms with Crippen molar-refractivity contribution in [2.45, 2.75) is 31.1 Å². The van der Waals surface area contributed by atoms with E-state index >= 15 is 0 Å². The predicted molar refractivity (Wildman–Crippen MR) is 85.9 cm³/mol. The Hall–Kier alpha value is -0.760. The monoisotopic (exact) mass is 345 g/mol. The van der Waals surface area contributed by atoms with Crippen molar-refractivity contribution in [1.82, 2.24) is 9.97 Å². The van der Waals surface area contributed by atoms with Gasteiger partial charge in [-0.2, -0.15) is 0 Å². The normalized spacial score (nSPS) is 22.7. The lowest BCUT2D eigenvalue weighted by Crippen LogP contribution is -2.37. The second-order valence-corrected chi connectivity index (χ2v) is 7.20. The van der Waals surface area contributed by atoms with Crippen LogP contribution < -0.4 is 4.90 Å². The second kappa shape index (κ2) is 6.78. The van der Waals surface area contributed by atoms with E-state index in [1.165, 1.54) is 0 Å². The molecular formula is C14H20ClN3O3S. The molecule has 22 heavy (non-hydrogen) atoms. The number of aromatic nitrogens is 2. The van der Waals surface area contributed by atoms with Crippen LogP contribution >= 0.6 is 11.6 Å². The van der Waals surface area contributed by atoms with Crippen molar-refractivity contribution in [3.8, 4) is 0 Å². The van der Waals surface area contributed by atoms with Gasteiger partial charge >= 0.3 is 0 Å².